The Kier molecular flexibility index (Phi) is 2.88. The standard InChI is InChI=1S/C12H13NO3S2/c14-10-6-18(15,16)7-11(10)17-12-5-8-3-1-2-4-9(8)13-12/h1-5,10-11,13-14H,6-7H2. The van der Waals surface area contributed by atoms with Crippen LogP contribution >= 0.6 is 11.8 Å². The minimum absolute atomic E-state index is 0.0498. The summed E-state index contributed by atoms with van der Waals surface area (Å²) in [6.45, 7) is 0. The van der Waals surface area contributed by atoms with Gasteiger partial charge in [0, 0.05) is 10.9 Å². The summed E-state index contributed by atoms with van der Waals surface area (Å²) in [5.41, 5.74) is 1.02. The number of aliphatic hydroxyl groups is 1. The summed E-state index contributed by atoms with van der Waals surface area (Å²) in [5, 5.41) is 11.5. The van der Waals surface area contributed by atoms with Crippen LogP contribution in [0.4, 0.5) is 0 Å². The van der Waals surface area contributed by atoms with Crippen molar-refractivity contribution in [3.8, 4) is 0 Å². The van der Waals surface area contributed by atoms with Gasteiger partial charge in [0.15, 0.2) is 9.84 Å². The maximum absolute atomic E-state index is 11.4. The van der Waals surface area contributed by atoms with Crippen LogP contribution in [0.1, 0.15) is 0 Å². The van der Waals surface area contributed by atoms with E-state index in [1.165, 1.54) is 11.8 Å². The highest BCUT2D eigenvalue weighted by molar-refractivity contribution is 8.01. The van der Waals surface area contributed by atoms with Crippen molar-refractivity contribution in [2.45, 2.75) is 16.4 Å². The number of benzene rings is 1. The minimum atomic E-state index is -3.08. The second-order valence-corrected chi connectivity index (χ2v) is 7.96. The van der Waals surface area contributed by atoms with Gasteiger partial charge in [0.05, 0.1) is 27.9 Å². The molecule has 2 aromatic rings. The smallest absolute Gasteiger partial charge is 0.154 e. The average molecular weight is 283 g/mol. The first-order valence-electron chi connectivity index (χ1n) is 5.66. The number of hydrogen-bond acceptors (Lipinski definition) is 4. The second-order valence-electron chi connectivity index (χ2n) is 4.52. The molecule has 1 aliphatic rings. The molecule has 4 nitrogen and oxygen atoms in total. The topological polar surface area (TPSA) is 70.2 Å². The van der Waals surface area contributed by atoms with Crippen molar-refractivity contribution in [2.24, 2.45) is 0 Å². The fourth-order valence-electron chi connectivity index (χ4n) is 2.18. The number of sulfone groups is 1. The lowest BCUT2D eigenvalue weighted by Gasteiger charge is -2.10. The molecule has 6 heteroatoms. The Balaban J connectivity index is 1.84. The molecule has 18 heavy (non-hydrogen) atoms. The van der Waals surface area contributed by atoms with E-state index >= 15 is 0 Å². The minimum Gasteiger partial charge on any atom is -0.391 e. The third-order valence-corrected chi connectivity index (χ3v) is 6.24. The molecule has 1 aromatic carbocycles. The lowest BCUT2D eigenvalue weighted by Crippen LogP contribution is -2.19. The van der Waals surface area contributed by atoms with Crippen LogP contribution in [-0.2, 0) is 9.84 Å². The monoisotopic (exact) mass is 283 g/mol. The lowest BCUT2D eigenvalue weighted by atomic mass is 10.3. The third kappa shape index (κ3) is 2.28. The number of para-hydroxylation sites is 1. The number of aromatic nitrogens is 1. The molecule has 2 atom stereocenters. The van der Waals surface area contributed by atoms with E-state index in [0.717, 1.165) is 15.9 Å². The summed E-state index contributed by atoms with van der Waals surface area (Å²) in [5.74, 6) is -0.0703. The van der Waals surface area contributed by atoms with Gasteiger partial charge in [0.1, 0.15) is 0 Å². The molecule has 2 heterocycles. The van der Waals surface area contributed by atoms with Crippen LogP contribution in [0.15, 0.2) is 35.4 Å². The van der Waals surface area contributed by atoms with E-state index in [-0.39, 0.29) is 16.8 Å². The molecule has 0 amide bonds. The third-order valence-electron chi connectivity index (χ3n) is 3.06. The number of fused-ring (bicyclic) bond motifs is 1. The summed E-state index contributed by atoms with van der Waals surface area (Å²) in [4.78, 5) is 3.23. The van der Waals surface area contributed by atoms with Crippen LogP contribution in [0.5, 0.6) is 0 Å². The first-order valence-corrected chi connectivity index (χ1v) is 8.36. The van der Waals surface area contributed by atoms with E-state index in [1.807, 2.05) is 30.3 Å². The van der Waals surface area contributed by atoms with Gasteiger partial charge in [-0.25, -0.2) is 8.42 Å². The van der Waals surface area contributed by atoms with Gasteiger partial charge in [-0.05, 0) is 12.1 Å². The fourth-order valence-corrected chi connectivity index (χ4v) is 5.75. The van der Waals surface area contributed by atoms with Gasteiger partial charge in [0.2, 0.25) is 0 Å². The van der Waals surface area contributed by atoms with Crippen molar-refractivity contribution in [3.05, 3.63) is 30.3 Å². The van der Waals surface area contributed by atoms with Crippen molar-refractivity contribution < 1.29 is 13.5 Å². The Labute approximate surface area is 109 Å². The molecule has 1 fully saturated rings. The Bertz CT molecular complexity index is 644. The molecule has 1 aliphatic heterocycles. The Morgan fingerprint density at radius 2 is 2.06 bits per heavy atom. The zero-order valence-corrected chi connectivity index (χ0v) is 11.2. The second kappa shape index (κ2) is 4.29. The maximum Gasteiger partial charge on any atom is 0.154 e. The number of hydrogen-bond donors (Lipinski definition) is 2. The van der Waals surface area contributed by atoms with Crippen molar-refractivity contribution in [1.29, 1.82) is 0 Å². The van der Waals surface area contributed by atoms with Gasteiger partial charge in [-0.3, -0.25) is 0 Å². The molecule has 2 unspecified atom stereocenters. The highest BCUT2D eigenvalue weighted by Gasteiger charge is 2.37. The highest BCUT2D eigenvalue weighted by Crippen LogP contribution is 2.32. The summed E-state index contributed by atoms with van der Waals surface area (Å²) in [6, 6.07) is 9.86. The van der Waals surface area contributed by atoms with E-state index in [4.69, 9.17) is 0 Å². The quantitative estimate of drug-likeness (QED) is 0.874. The van der Waals surface area contributed by atoms with Crippen molar-refractivity contribution in [2.75, 3.05) is 11.5 Å². The summed E-state index contributed by atoms with van der Waals surface area (Å²) in [7, 11) is -3.08. The molecule has 0 bridgehead atoms. The van der Waals surface area contributed by atoms with Gasteiger partial charge < -0.3 is 10.1 Å². The first kappa shape index (κ1) is 12.1. The summed E-state index contributed by atoms with van der Waals surface area (Å²) in [6.07, 6.45) is -0.772. The molecular formula is C12H13NO3S2. The van der Waals surface area contributed by atoms with Crippen molar-refractivity contribution >= 4 is 32.5 Å². The molecule has 3 rings (SSSR count). The van der Waals surface area contributed by atoms with E-state index < -0.39 is 15.9 Å². The lowest BCUT2D eigenvalue weighted by molar-refractivity contribution is 0.207. The molecule has 2 N–H and O–H groups in total. The SMILES string of the molecule is O=S1(=O)CC(O)C(Sc2cc3ccccc3[nH]2)C1. The number of thioether (sulfide) groups is 1. The molecule has 0 saturated carbocycles. The van der Waals surface area contributed by atoms with E-state index in [1.54, 1.807) is 0 Å². The number of H-pyrrole nitrogens is 1. The van der Waals surface area contributed by atoms with Crippen LogP contribution in [0, 0.1) is 0 Å². The van der Waals surface area contributed by atoms with Gasteiger partial charge >= 0.3 is 0 Å². The fraction of sp³-hybridized carbons (Fsp3) is 0.333. The van der Waals surface area contributed by atoms with Gasteiger partial charge in [-0.15, -0.1) is 11.8 Å². The zero-order chi connectivity index (χ0) is 12.8. The molecule has 0 aliphatic carbocycles. The number of aliphatic hydroxyl groups excluding tert-OH is 1. The molecule has 1 aromatic heterocycles. The van der Waals surface area contributed by atoms with Crippen LogP contribution in [0.25, 0.3) is 10.9 Å². The van der Waals surface area contributed by atoms with Gasteiger partial charge in [0.25, 0.3) is 0 Å². The van der Waals surface area contributed by atoms with Gasteiger partial charge in [-0.2, -0.15) is 0 Å². The van der Waals surface area contributed by atoms with Crippen LogP contribution < -0.4 is 0 Å². The zero-order valence-electron chi connectivity index (χ0n) is 9.54. The largest absolute Gasteiger partial charge is 0.391 e. The van der Waals surface area contributed by atoms with Crippen molar-refractivity contribution in [3.63, 3.8) is 0 Å². The Hall–Kier alpha value is -0.980. The highest BCUT2D eigenvalue weighted by atomic mass is 32.2. The predicted octanol–water partition coefficient (Wildman–Crippen LogP) is 1.42. The first-order chi connectivity index (χ1) is 8.53. The van der Waals surface area contributed by atoms with Crippen LogP contribution in [0.3, 0.4) is 0 Å². The molecule has 0 spiro atoms. The van der Waals surface area contributed by atoms with Crippen molar-refractivity contribution in [1.82, 2.24) is 4.98 Å². The maximum atomic E-state index is 11.4. The van der Waals surface area contributed by atoms with Crippen LogP contribution in [-0.4, -0.2) is 41.4 Å². The Morgan fingerprint density at radius 3 is 2.72 bits per heavy atom. The van der Waals surface area contributed by atoms with E-state index in [2.05, 4.69) is 4.98 Å². The van der Waals surface area contributed by atoms with Gasteiger partial charge in [-0.1, -0.05) is 18.2 Å². The molecular weight excluding hydrogens is 270 g/mol. The predicted molar refractivity (Wildman–Crippen MR) is 72.6 cm³/mol. The number of nitrogens with one attached hydrogen (secondary N) is 1. The number of rotatable bonds is 2. The average Bonchev–Trinajstić information content (AvgIpc) is 2.79. The normalized spacial score (nSPS) is 26.7. The molecule has 96 valence electrons. The number of aromatic amines is 1. The van der Waals surface area contributed by atoms with Crippen LogP contribution in [0.2, 0.25) is 0 Å². The van der Waals surface area contributed by atoms with E-state index in [0.29, 0.717) is 0 Å². The molecule has 0 radical (unpaired) electrons. The summed E-state index contributed by atoms with van der Waals surface area (Å²) >= 11 is 1.40. The molecule has 1 saturated heterocycles. The van der Waals surface area contributed by atoms with E-state index in [9.17, 15) is 13.5 Å². The summed E-state index contributed by atoms with van der Waals surface area (Å²) < 4.78 is 22.9. The Morgan fingerprint density at radius 1 is 1.28 bits per heavy atom.